The van der Waals surface area contributed by atoms with E-state index >= 15 is 0 Å². The monoisotopic (exact) mass is 470 g/mol. The van der Waals surface area contributed by atoms with Gasteiger partial charge in [0.15, 0.2) is 11.5 Å². The van der Waals surface area contributed by atoms with E-state index in [4.69, 9.17) is 9.47 Å². The predicted octanol–water partition coefficient (Wildman–Crippen LogP) is 5.83. The Hall–Kier alpha value is -2.37. The molecule has 0 spiro atoms. The fraction of sp³-hybridized carbons (Fsp3) is 0.0500. The minimum Gasteiger partial charge on any atom is -0.454 e. The van der Waals surface area contributed by atoms with Gasteiger partial charge in [0.05, 0.1) is 22.6 Å². The molecule has 6 heteroatoms. The van der Waals surface area contributed by atoms with Gasteiger partial charge >= 0.3 is 0 Å². The van der Waals surface area contributed by atoms with Crippen LogP contribution in [0.5, 0.6) is 11.5 Å². The van der Waals surface area contributed by atoms with Crippen LogP contribution in [0, 0.1) is 14.9 Å². The topological polar surface area (TPSA) is 45.5 Å². The fourth-order valence-corrected chi connectivity index (χ4v) is 4.99. The van der Waals surface area contributed by atoms with E-state index in [1.807, 2.05) is 36.4 Å². The molecule has 2 aliphatic heterocycles. The summed E-state index contributed by atoms with van der Waals surface area (Å²) < 4.78 is 12.1. The predicted molar refractivity (Wildman–Crippen MR) is 109 cm³/mol. The van der Waals surface area contributed by atoms with Gasteiger partial charge in [-0.05, 0) is 52.9 Å². The Labute approximate surface area is 168 Å². The van der Waals surface area contributed by atoms with E-state index in [1.54, 1.807) is 11.8 Å². The first kappa shape index (κ1) is 15.9. The molecule has 0 radical (unpaired) electrons. The number of halogens is 1. The zero-order valence-corrected chi connectivity index (χ0v) is 16.4. The van der Waals surface area contributed by atoms with Gasteiger partial charge in [0, 0.05) is 19.4 Å². The van der Waals surface area contributed by atoms with E-state index in [1.165, 1.54) is 0 Å². The van der Waals surface area contributed by atoms with Gasteiger partial charge in [0.2, 0.25) is 6.79 Å². The van der Waals surface area contributed by atoms with E-state index < -0.39 is 0 Å². The molecule has 4 nitrogen and oxygen atoms in total. The van der Waals surface area contributed by atoms with Gasteiger partial charge in [-0.25, -0.2) is 0 Å². The van der Waals surface area contributed by atoms with Gasteiger partial charge < -0.3 is 14.4 Å². The van der Waals surface area contributed by atoms with Crippen LogP contribution in [0.25, 0.3) is 0 Å². The Morgan fingerprint density at radius 3 is 2.58 bits per heavy atom. The summed E-state index contributed by atoms with van der Waals surface area (Å²) in [6.07, 6.45) is 0. The summed E-state index contributed by atoms with van der Waals surface area (Å²) in [6.45, 7) is 0.237. The normalized spacial score (nSPS) is 13.8. The van der Waals surface area contributed by atoms with Crippen LogP contribution in [0.1, 0.15) is 5.56 Å². The van der Waals surface area contributed by atoms with Crippen LogP contribution in [-0.2, 0) is 0 Å². The van der Waals surface area contributed by atoms with Crippen LogP contribution >= 0.6 is 34.4 Å². The van der Waals surface area contributed by atoms with Crippen molar-refractivity contribution in [2.24, 2.45) is 0 Å². The highest BCUT2D eigenvalue weighted by Gasteiger charge is 2.30. The highest BCUT2D eigenvalue weighted by molar-refractivity contribution is 14.1. The maximum Gasteiger partial charge on any atom is 0.231 e. The molecule has 3 aromatic rings. The van der Waals surface area contributed by atoms with E-state index in [0.717, 1.165) is 41.9 Å². The van der Waals surface area contributed by atoms with Gasteiger partial charge in [-0.15, -0.1) is 0 Å². The number of anilines is 3. The zero-order valence-electron chi connectivity index (χ0n) is 13.4. The molecule has 0 atom stereocenters. The standard InChI is InChI=1S/C20H11IN2O2S/c21-13-8-16-17(25-11-24-16)9-15(13)23-14-5-1-2-6-18(14)26-19-7-3-4-12(10-22)20(19)23/h1-9H,11H2. The third-order valence-electron chi connectivity index (χ3n) is 4.35. The molecule has 2 aliphatic rings. The number of benzene rings is 3. The number of rotatable bonds is 1. The minimum atomic E-state index is 0.237. The van der Waals surface area contributed by atoms with Gasteiger partial charge in [-0.3, -0.25) is 0 Å². The molecular weight excluding hydrogens is 459 g/mol. The molecule has 0 amide bonds. The minimum absolute atomic E-state index is 0.237. The van der Waals surface area contributed by atoms with Crippen LogP contribution < -0.4 is 14.4 Å². The molecule has 2 heterocycles. The number of nitriles is 1. The first-order valence-electron chi connectivity index (χ1n) is 7.95. The molecule has 26 heavy (non-hydrogen) atoms. The highest BCUT2D eigenvalue weighted by Crippen LogP contribution is 2.54. The summed E-state index contributed by atoms with van der Waals surface area (Å²) in [5.74, 6) is 1.48. The smallest absolute Gasteiger partial charge is 0.231 e. The van der Waals surface area contributed by atoms with Crippen molar-refractivity contribution >= 4 is 51.4 Å². The summed E-state index contributed by atoms with van der Waals surface area (Å²) in [5, 5.41) is 9.70. The lowest BCUT2D eigenvalue weighted by molar-refractivity contribution is 0.174. The Bertz CT molecular complexity index is 1090. The van der Waals surface area contributed by atoms with Crippen LogP contribution in [0.4, 0.5) is 17.1 Å². The first-order chi connectivity index (χ1) is 12.8. The molecule has 3 aromatic carbocycles. The summed E-state index contributed by atoms with van der Waals surface area (Å²) in [7, 11) is 0. The van der Waals surface area contributed by atoms with Crippen LogP contribution in [0.3, 0.4) is 0 Å². The molecule has 0 saturated carbocycles. The summed E-state index contributed by atoms with van der Waals surface area (Å²) in [4.78, 5) is 4.38. The second-order valence-corrected chi connectivity index (χ2v) is 8.07. The van der Waals surface area contributed by atoms with Crippen molar-refractivity contribution in [3.63, 3.8) is 0 Å². The molecular formula is C20H11IN2O2S. The SMILES string of the molecule is N#Cc1cccc2c1N(c1cc3c(cc1I)OCO3)c1ccccc1S2. The number of hydrogen-bond donors (Lipinski definition) is 0. The number of ether oxygens (including phenoxy) is 2. The second-order valence-electron chi connectivity index (χ2n) is 5.83. The Morgan fingerprint density at radius 1 is 0.962 bits per heavy atom. The van der Waals surface area contributed by atoms with E-state index in [0.29, 0.717) is 5.56 Å². The highest BCUT2D eigenvalue weighted by atomic mass is 127. The van der Waals surface area contributed by atoms with Gasteiger partial charge in [0.25, 0.3) is 0 Å². The van der Waals surface area contributed by atoms with Crippen molar-refractivity contribution < 1.29 is 9.47 Å². The molecule has 0 aliphatic carbocycles. The molecule has 126 valence electrons. The quantitative estimate of drug-likeness (QED) is 0.328. The van der Waals surface area contributed by atoms with Crippen LogP contribution in [0.2, 0.25) is 0 Å². The molecule has 0 N–H and O–H groups in total. The maximum atomic E-state index is 9.70. The van der Waals surface area contributed by atoms with Gasteiger partial charge in [0.1, 0.15) is 6.07 Å². The average molecular weight is 470 g/mol. The molecule has 5 rings (SSSR count). The van der Waals surface area contributed by atoms with Crippen molar-refractivity contribution in [1.29, 1.82) is 5.26 Å². The van der Waals surface area contributed by atoms with Gasteiger partial charge in [-0.1, -0.05) is 30.0 Å². The van der Waals surface area contributed by atoms with Crippen LogP contribution in [-0.4, -0.2) is 6.79 Å². The summed E-state index contributed by atoms with van der Waals surface area (Å²) in [6, 6.07) is 20.4. The van der Waals surface area contributed by atoms with Crippen LogP contribution in [0.15, 0.2) is 64.4 Å². The second kappa shape index (κ2) is 6.11. The lowest BCUT2D eigenvalue weighted by atomic mass is 10.1. The number of para-hydroxylation sites is 2. The molecule has 0 unspecified atom stereocenters. The maximum absolute atomic E-state index is 9.70. The van der Waals surface area contributed by atoms with E-state index in [2.05, 4.69) is 51.8 Å². The number of nitrogens with zero attached hydrogens (tertiary/aromatic N) is 2. The van der Waals surface area contributed by atoms with Crippen molar-refractivity contribution in [2.45, 2.75) is 9.79 Å². The van der Waals surface area contributed by atoms with Gasteiger partial charge in [-0.2, -0.15) is 5.26 Å². The summed E-state index contributed by atoms with van der Waals surface area (Å²) >= 11 is 4.00. The van der Waals surface area contributed by atoms with E-state index in [-0.39, 0.29) is 6.79 Å². The third-order valence-corrected chi connectivity index (χ3v) is 6.33. The van der Waals surface area contributed by atoms with E-state index in [9.17, 15) is 5.26 Å². The first-order valence-corrected chi connectivity index (χ1v) is 9.85. The fourth-order valence-electron chi connectivity index (χ4n) is 3.22. The molecule has 0 fully saturated rings. The number of fused-ring (bicyclic) bond motifs is 3. The molecule has 0 bridgehead atoms. The Balaban J connectivity index is 1.81. The lowest BCUT2D eigenvalue weighted by Gasteiger charge is -2.34. The lowest BCUT2D eigenvalue weighted by Crippen LogP contribution is -2.17. The molecule has 0 saturated heterocycles. The third kappa shape index (κ3) is 2.35. The van der Waals surface area contributed by atoms with Crippen molar-refractivity contribution in [3.8, 4) is 17.6 Å². The molecule has 0 aromatic heterocycles. The Kier molecular flexibility index (Phi) is 3.72. The Morgan fingerprint density at radius 2 is 1.73 bits per heavy atom. The number of hydrogen-bond acceptors (Lipinski definition) is 5. The van der Waals surface area contributed by atoms with Crippen molar-refractivity contribution in [1.82, 2.24) is 0 Å². The van der Waals surface area contributed by atoms with Crippen molar-refractivity contribution in [2.75, 3.05) is 11.7 Å². The summed E-state index contributed by atoms with van der Waals surface area (Å²) in [5.41, 5.74) is 3.60. The zero-order chi connectivity index (χ0) is 17.7. The average Bonchev–Trinajstić information content (AvgIpc) is 3.12. The van der Waals surface area contributed by atoms with Crippen molar-refractivity contribution in [3.05, 3.63) is 63.7 Å². The largest absolute Gasteiger partial charge is 0.454 e.